The normalized spacial score (nSPS) is 21.1. The molecule has 7 atom stereocenters. The van der Waals surface area contributed by atoms with Crippen molar-refractivity contribution >= 4 is 5.91 Å². The Bertz CT molecular complexity index is 945. The van der Waals surface area contributed by atoms with Crippen LogP contribution in [0.3, 0.4) is 0 Å². The Labute approximate surface area is 349 Å². The Morgan fingerprint density at radius 1 is 0.579 bits per heavy atom. The Morgan fingerprint density at radius 2 is 1.00 bits per heavy atom. The minimum Gasteiger partial charge on any atom is -0.394 e. The van der Waals surface area contributed by atoms with Crippen LogP contribution in [0.5, 0.6) is 0 Å². The maximum Gasteiger partial charge on any atom is 0.220 e. The minimum absolute atomic E-state index is 0.185. The lowest BCUT2D eigenvalue weighted by molar-refractivity contribution is -0.302. The van der Waals surface area contributed by atoms with Crippen molar-refractivity contribution in [2.45, 2.75) is 262 Å². The summed E-state index contributed by atoms with van der Waals surface area (Å²) in [7, 11) is 0. The van der Waals surface area contributed by atoms with Gasteiger partial charge in [0.15, 0.2) is 6.29 Å². The largest absolute Gasteiger partial charge is 0.394 e. The summed E-state index contributed by atoms with van der Waals surface area (Å²) in [6, 6.07) is -0.816. The summed E-state index contributed by atoms with van der Waals surface area (Å²) in [6.45, 7) is 3.76. The highest BCUT2D eigenvalue weighted by atomic mass is 16.7. The fourth-order valence-corrected chi connectivity index (χ4v) is 7.64. The van der Waals surface area contributed by atoms with Gasteiger partial charge in [-0.3, -0.25) is 4.79 Å². The van der Waals surface area contributed by atoms with E-state index in [0.29, 0.717) is 6.42 Å². The Hall–Kier alpha value is -1.33. The third kappa shape index (κ3) is 29.5. The third-order valence-corrected chi connectivity index (χ3v) is 11.5. The molecule has 1 fully saturated rings. The predicted octanol–water partition coefficient (Wildman–Crippen LogP) is 10.3. The number of carbonyl (C=O) groups is 1. The van der Waals surface area contributed by atoms with E-state index in [0.717, 1.165) is 38.5 Å². The number of aliphatic hydroxyl groups is 5. The molecule has 1 heterocycles. The van der Waals surface area contributed by atoms with Crippen molar-refractivity contribution in [3.63, 3.8) is 0 Å². The summed E-state index contributed by atoms with van der Waals surface area (Å²) >= 11 is 0. The van der Waals surface area contributed by atoms with E-state index in [1.165, 1.54) is 161 Å². The summed E-state index contributed by atoms with van der Waals surface area (Å²) in [4.78, 5) is 12.9. The van der Waals surface area contributed by atoms with Crippen molar-refractivity contribution in [2.24, 2.45) is 0 Å². The molecular weight excluding hydrogens is 719 g/mol. The molecule has 0 bridgehead atoms. The zero-order valence-electron chi connectivity index (χ0n) is 36.9. The van der Waals surface area contributed by atoms with Crippen LogP contribution in [0.1, 0.15) is 219 Å². The molecule has 0 spiro atoms. The van der Waals surface area contributed by atoms with Gasteiger partial charge in [0.1, 0.15) is 24.4 Å². The number of nitrogens with one attached hydrogen (secondary N) is 1. The number of hydrogen-bond donors (Lipinski definition) is 6. The average Bonchev–Trinajstić information content (AvgIpc) is 3.21. The summed E-state index contributed by atoms with van der Waals surface area (Å²) in [5, 5.41) is 54.2. The van der Waals surface area contributed by atoms with Crippen LogP contribution in [0.2, 0.25) is 0 Å². The monoisotopic (exact) mass is 810 g/mol. The van der Waals surface area contributed by atoms with Crippen LogP contribution < -0.4 is 5.32 Å². The lowest BCUT2D eigenvalue weighted by Gasteiger charge is -2.40. The van der Waals surface area contributed by atoms with Crippen LogP contribution in [-0.4, -0.2) is 87.5 Å². The second-order valence-corrected chi connectivity index (χ2v) is 16.9. The molecule has 0 aromatic heterocycles. The van der Waals surface area contributed by atoms with Gasteiger partial charge in [0.2, 0.25) is 5.91 Å². The first-order valence-electron chi connectivity index (χ1n) is 24.1. The van der Waals surface area contributed by atoms with Gasteiger partial charge >= 0.3 is 0 Å². The van der Waals surface area contributed by atoms with Crippen LogP contribution in [0.4, 0.5) is 0 Å². The first-order valence-corrected chi connectivity index (χ1v) is 24.1. The molecule has 7 unspecified atom stereocenters. The second kappa shape index (κ2) is 38.8. The molecule has 0 aromatic carbocycles. The molecule has 1 aliphatic rings. The highest BCUT2D eigenvalue weighted by Crippen LogP contribution is 2.23. The Balaban J connectivity index is 2.34. The van der Waals surface area contributed by atoms with Crippen molar-refractivity contribution in [3.05, 3.63) is 24.3 Å². The van der Waals surface area contributed by atoms with Gasteiger partial charge in [-0.15, -0.1) is 0 Å². The number of allylic oxidation sites excluding steroid dienone is 3. The zero-order valence-corrected chi connectivity index (χ0v) is 36.9. The number of carbonyl (C=O) groups excluding carboxylic acids is 1. The molecule has 1 saturated heterocycles. The average molecular weight is 810 g/mol. The molecule has 0 saturated carbocycles. The number of amides is 1. The summed E-state index contributed by atoms with van der Waals surface area (Å²) < 4.78 is 11.2. The summed E-state index contributed by atoms with van der Waals surface area (Å²) in [6.07, 6.45) is 39.4. The van der Waals surface area contributed by atoms with Gasteiger partial charge in [-0.2, -0.15) is 0 Å². The van der Waals surface area contributed by atoms with Crippen LogP contribution in [0.15, 0.2) is 24.3 Å². The first kappa shape index (κ1) is 53.7. The highest BCUT2D eigenvalue weighted by molar-refractivity contribution is 5.76. The van der Waals surface area contributed by atoms with Gasteiger partial charge in [-0.05, 0) is 32.1 Å². The molecule has 57 heavy (non-hydrogen) atoms. The maximum absolute atomic E-state index is 12.9. The number of aliphatic hydroxyl groups excluding tert-OH is 5. The van der Waals surface area contributed by atoms with Crippen molar-refractivity contribution in [3.8, 4) is 0 Å². The molecule has 0 aliphatic carbocycles. The van der Waals surface area contributed by atoms with Crippen molar-refractivity contribution < 1.29 is 39.8 Å². The van der Waals surface area contributed by atoms with Crippen molar-refractivity contribution in [1.82, 2.24) is 5.32 Å². The van der Waals surface area contributed by atoms with Gasteiger partial charge in [0, 0.05) is 6.42 Å². The van der Waals surface area contributed by atoms with E-state index >= 15 is 0 Å². The van der Waals surface area contributed by atoms with Crippen molar-refractivity contribution in [2.75, 3.05) is 13.2 Å². The molecule has 1 aliphatic heterocycles. The fourth-order valence-electron chi connectivity index (χ4n) is 7.64. The molecule has 6 N–H and O–H groups in total. The smallest absolute Gasteiger partial charge is 0.220 e. The molecular formula is C48H91NO8. The number of hydrogen-bond acceptors (Lipinski definition) is 8. The number of rotatable bonds is 40. The molecule has 0 radical (unpaired) electrons. The maximum atomic E-state index is 12.9. The van der Waals surface area contributed by atoms with Gasteiger partial charge in [0.25, 0.3) is 0 Å². The highest BCUT2D eigenvalue weighted by Gasteiger charge is 2.44. The van der Waals surface area contributed by atoms with Crippen LogP contribution in [0.25, 0.3) is 0 Å². The molecule has 336 valence electrons. The Kier molecular flexibility index (Phi) is 36.6. The van der Waals surface area contributed by atoms with E-state index in [4.69, 9.17) is 9.47 Å². The fraction of sp³-hybridized carbons (Fsp3) is 0.896. The quantitative estimate of drug-likeness (QED) is 0.0265. The summed E-state index contributed by atoms with van der Waals surface area (Å²) in [5.41, 5.74) is 0. The minimum atomic E-state index is -1.57. The third-order valence-electron chi connectivity index (χ3n) is 11.5. The lowest BCUT2D eigenvalue weighted by atomic mass is 9.99. The molecule has 0 aromatic rings. The summed E-state index contributed by atoms with van der Waals surface area (Å²) in [5.74, 6) is -0.185. The molecule has 9 heteroatoms. The van der Waals surface area contributed by atoms with Gasteiger partial charge < -0.3 is 40.3 Å². The second-order valence-electron chi connectivity index (χ2n) is 16.9. The van der Waals surface area contributed by atoms with E-state index in [1.807, 2.05) is 6.08 Å². The predicted molar refractivity (Wildman–Crippen MR) is 235 cm³/mol. The van der Waals surface area contributed by atoms with Crippen molar-refractivity contribution in [1.29, 1.82) is 0 Å². The lowest BCUT2D eigenvalue weighted by Crippen LogP contribution is -2.60. The molecule has 1 rings (SSSR count). The van der Waals surface area contributed by atoms with Crippen LogP contribution in [0, 0.1) is 0 Å². The number of ether oxygens (including phenoxy) is 2. The zero-order chi connectivity index (χ0) is 41.6. The van der Waals surface area contributed by atoms with Crippen LogP contribution >= 0.6 is 0 Å². The van der Waals surface area contributed by atoms with E-state index in [2.05, 4.69) is 31.3 Å². The first-order chi connectivity index (χ1) is 27.8. The van der Waals surface area contributed by atoms with Crippen LogP contribution in [-0.2, 0) is 14.3 Å². The SMILES string of the molecule is CCCCCCCCCCCCCCCCC/C=C/CC/C=C/C(O)C(COC1OC(CO)C(O)C(O)C1O)NC(=O)CCCCCCCCCCCCCCC. The van der Waals surface area contributed by atoms with Gasteiger partial charge in [-0.25, -0.2) is 0 Å². The topological polar surface area (TPSA) is 149 Å². The molecule has 9 nitrogen and oxygen atoms in total. The van der Waals surface area contributed by atoms with E-state index in [-0.39, 0.29) is 12.5 Å². The van der Waals surface area contributed by atoms with Gasteiger partial charge in [0.05, 0.1) is 25.4 Å². The number of unbranched alkanes of at least 4 members (excludes halogenated alkanes) is 28. The van der Waals surface area contributed by atoms with E-state index < -0.39 is 49.5 Å². The molecule has 1 amide bonds. The van der Waals surface area contributed by atoms with E-state index in [1.54, 1.807) is 6.08 Å². The Morgan fingerprint density at radius 3 is 1.47 bits per heavy atom. The van der Waals surface area contributed by atoms with Gasteiger partial charge in [-0.1, -0.05) is 205 Å². The standard InChI is InChI=1S/C48H91NO8/c1-3-5-7-9-11-13-15-17-18-19-20-21-22-23-24-26-27-29-31-33-35-37-42(51)41(40-56-48-47(55)46(54)45(53)43(39-50)57-48)49-44(52)38-36-34-32-30-28-25-16-14-12-10-8-6-4-2/h27,29,35,37,41-43,45-48,50-51,53-55H,3-26,28,30-34,36,38-40H2,1-2H3,(H,49,52)/b29-27+,37-35+. The van der Waals surface area contributed by atoms with E-state index in [9.17, 15) is 30.3 Å².